The van der Waals surface area contributed by atoms with E-state index in [-0.39, 0.29) is 11.2 Å². The average molecular weight is 471 g/mol. The van der Waals surface area contributed by atoms with E-state index in [0.29, 0.717) is 17.0 Å². The third kappa shape index (κ3) is 3.81. The van der Waals surface area contributed by atoms with Crippen molar-refractivity contribution in [2.24, 2.45) is 0 Å². The number of oxazole rings is 1. The van der Waals surface area contributed by atoms with E-state index in [0.717, 1.165) is 38.7 Å². The maximum atomic E-state index is 10.3. The molecular weight excluding hydrogens is 444 g/mol. The van der Waals surface area contributed by atoms with E-state index < -0.39 is 0 Å². The molecule has 0 spiro atoms. The highest BCUT2D eigenvalue weighted by Crippen LogP contribution is 2.38. The molecular formula is C32H26N2O2. The van der Waals surface area contributed by atoms with E-state index in [9.17, 15) is 5.11 Å². The van der Waals surface area contributed by atoms with Crippen molar-refractivity contribution in [1.29, 1.82) is 0 Å². The number of benzene rings is 4. The maximum Gasteiger partial charge on any atom is 0.231 e. The number of hydrogen-bond acceptors (Lipinski definition) is 4. The minimum absolute atomic E-state index is 0.0160. The first kappa shape index (κ1) is 22.1. The van der Waals surface area contributed by atoms with Gasteiger partial charge in [0.2, 0.25) is 5.89 Å². The number of phenols is 1. The number of aromatic hydroxyl groups is 1. The summed E-state index contributed by atoms with van der Waals surface area (Å²) in [5, 5.41) is 11.4. The van der Waals surface area contributed by atoms with Crippen molar-refractivity contribution in [2.45, 2.75) is 26.2 Å². The zero-order valence-electron chi connectivity index (χ0n) is 20.5. The number of rotatable bonds is 3. The second-order valence-electron chi connectivity index (χ2n) is 10.1. The molecule has 0 radical (unpaired) electrons. The largest absolute Gasteiger partial charge is 0.507 e. The number of para-hydroxylation sites is 2. The molecule has 0 amide bonds. The number of aromatic nitrogens is 2. The summed E-state index contributed by atoms with van der Waals surface area (Å²) in [6.45, 7) is 6.70. The van der Waals surface area contributed by atoms with Crippen molar-refractivity contribution in [1.82, 2.24) is 9.97 Å². The Bertz CT molecular complexity index is 1740. The summed E-state index contributed by atoms with van der Waals surface area (Å²) >= 11 is 0. The molecule has 2 aromatic heterocycles. The molecule has 6 rings (SSSR count). The average Bonchev–Trinajstić information content (AvgIpc) is 3.32. The summed E-state index contributed by atoms with van der Waals surface area (Å²) in [5.41, 5.74) is 8.53. The van der Waals surface area contributed by atoms with Gasteiger partial charge in [0.05, 0.1) is 11.1 Å². The smallest absolute Gasteiger partial charge is 0.231 e. The zero-order valence-corrected chi connectivity index (χ0v) is 20.5. The van der Waals surface area contributed by atoms with Gasteiger partial charge in [-0.05, 0) is 64.6 Å². The van der Waals surface area contributed by atoms with Crippen LogP contribution in [0.1, 0.15) is 26.3 Å². The molecule has 0 saturated carbocycles. The lowest BCUT2D eigenvalue weighted by molar-refractivity contribution is 0.474. The molecule has 176 valence electrons. The Morgan fingerprint density at radius 3 is 2.25 bits per heavy atom. The van der Waals surface area contributed by atoms with E-state index >= 15 is 0 Å². The molecule has 4 heteroatoms. The molecule has 0 unspecified atom stereocenters. The van der Waals surface area contributed by atoms with Crippen molar-refractivity contribution in [3.05, 3.63) is 103 Å². The second-order valence-corrected chi connectivity index (χ2v) is 10.1. The van der Waals surface area contributed by atoms with Gasteiger partial charge in [-0.25, -0.2) is 4.98 Å². The van der Waals surface area contributed by atoms with Gasteiger partial charge in [-0.1, -0.05) is 69.3 Å². The first-order valence-electron chi connectivity index (χ1n) is 12.1. The van der Waals surface area contributed by atoms with Crippen LogP contribution in [0.15, 0.2) is 102 Å². The Morgan fingerprint density at radius 1 is 0.694 bits per heavy atom. The fourth-order valence-corrected chi connectivity index (χ4v) is 4.65. The fraction of sp³-hybridized carbons (Fsp3) is 0.125. The molecule has 1 N–H and O–H groups in total. The first-order chi connectivity index (χ1) is 17.4. The molecule has 0 bridgehead atoms. The monoisotopic (exact) mass is 470 g/mol. The predicted octanol–water partition coefficient (Wildman–Crippen LogP) is 8.38. The van der Waals surface area contributed by atoms with Crippen molar-refractivity contribution in [2.75, 3.05) is 0 Å². The standard InChI is InChI=1S/C32H26N2O2/c1-32(2,3)23-18-22-11-8-16-33-29(22)26(19-23)21-10-6-9-20(17-21)24-13-7-15-28-30(24)34-31(36-28)25-12-4-5-14-27(25)35/h4-19,35H,1-3H3. The topological polar surface area (TPSA) is 59.2 Å². The molecule has 0 aliphatic carbocycles. The van der Waals surface area contributed by atoms with Gasteiger partial charge in [0, 0.05) is 22.7 Å². The van der Waals surface area contributed by atoms with Gasteiger partial charge in [0.15, 0.2) is 5.58 Å². The molecule has 6 aromatic rings. The zero-order chi connectivity index (χ0) is 24.9. The predicted molar refractivity (Wildman–Crippen MR) is 146 cm³/mol. The van der Waals surface area contributed by atoms with Gasteiger partial charge in [-0.3, -0.25) is 4.98 Å². The highest BCUT2D eigenvalue weighted by atomic mass is 16.3. The fourth-order valence-electron chi connectivity index (χ4n) is 4.65. The molecule has 0 saturated heterocycles. The normalized spacial score (nSPS) is 11.9. The van der Waals surface area contributed by atoms with Crippen molar-refractivity contribution in [3.63, 3.8) is 0 Å². The van der Waals surface area contributed by atoms with Crippen LogP contribution in [0.4, 0.5) is 0 Å². The summed E-state index contributed by atoms with van der Waals surface area (Å²) in [6.07, 6.45) is 1.85. The molecule has 2 heterocycles. The summed E-state index contributed by atoms with van der Waals surface area (Å²) < 4.78 is 6.04. The summed E-state index contributed by atoms with van der Waals surface area (Å²) in [6, 6.07) is 30.1. The lowest BCUT2D eigenvalue weighted by atomic mass is 9.84. The van der Waals surface area contributed by atoms with Gasteiger partial charge < -0.3 is 9.52 Å². The van der Waals surface area contributed by atoms with Crippen LogP contribution in [0, 0.1) is 0 Å². The van der Waals surface area contributed by atoms with E-state index in [2.05, 4.69) is 69.3 Å². The summed E-state index contributed by atoms with van der Waals surface area (Å²) in [4.78, 5) is 9.51. The van der Waals surface area contributed by atoms with Crippen LogP contribution < -0.4 is 0 Å². The van der Waals surface area contributed by atoms with Gasteiger partial charge in [-0.2, -0.15) is 0 Å². The lowest BCUT2D eigenvalue weighted by Gasteiger charge is -2.21. The van der Waals surface area contributed by atoms with Crippen molar-refractivity contribution in [3.8, 4) is 39.5 Å². The van der Waals surface area contributed by atoms with Gasteiger partial charge >= 0.3 is 0 Å². The van der Waals surface area contributed by atoms with Crippen LogP contribution in [0.3, 0.4) is 0 Å². The molecule has 0 aliphatic rings. The van der Waals surface area contributed by atoms with Crippen LogP contribution in [-0.4, -0.2) is 15.1 Å². The third-order valence-electron chi connectivity index (χ3n) is 6.61. The van der Waals surface area contributed by atoms with E-state index in [1.807, 2.05) is 30.5 Å². The SMILES string of the molecule is CC(C)(C)c1cc(-c2cccc(-c3cccc4oc(-c5ccccc5O)nc34)c2)c2ncccc2c1. The van der Waals surface area contributed by atoms with Crippen LogP contribution in [0.5, 0.6) is 5.75 Å². The minimum atomic E-state index is 0.0160. The molecule has 0 fully saturated rings. The Hall–Kier alpha value is -4.44. The molecule has 0 atom stereocenters. The molecule has 4 aromatic carbocycles. The number of hydrogen-bond donors (Lipinski definition) is 1. The second kappa shape index (κ2) is 8.35. The number of pyridine rings is 1. The Morgan fingerprint density at radius 2 is 1.44 bits per heavy atom. The highest BCUT2D eigenvalue weighted by Gasteiger charge is 2.19. The van der Waals surface area contributed by atoms with Crippen LogP contribution in [0.2, 0.25) is 0 Å². The summed E-state index contributed by atoms with van der Waals surface area (Å²) in [7, 11) is 0. The Balaban J connectivity index is 1.52. The molecule has 4 nitrogen and oxygen atoms in total. The van der Waals surface area contributed by atoms with Crippen molar-refractivity contribution < 1.29 is 9.52 Å². The minimum Gasteiger partial charge on any atom is -0.507 e. The van der Waals surface area contributed by atoms with Crippen LogP contribution >= 0.6 is 0 Å². The van der Waals surface area contributed by atoms with Crippen LogP contribution in [0.25, 0.3) is 55.7 Å². The Labute approximate surface area is 209 Å². The highest BCUT2D eigenvalue weighted by molar-refractivity contribution is 5.97. The van der Waals surface area contributed by atoms with E-state index in [4.69, 9.17) is 14.4 Å². The van der Waals surface area contributed by atoms with Gasteiger partial charge in [-0.15, -0.1) is 0 Å². The quantitative estimate of drug-likeness (QED) is 0.282. The van der Waals surface area contributed by atoms with Gasteiger partial charge in [0.25, 0.3) is 0 Å². The van der Waals surface area contributed by atoms with Crippen LogP contribution in [-0.2, 0) is 5.41 Å². The van der Waals surface area contributed by atoms with E-state index in [1.54, 1.807) is 18.2 Å². The first-order valence-corrected chi connectivity index (χ1v) is 12.1. The molecule has 36 heavy (non-hydrogen) atoms. The number of fused-ring (bicyclic) bond motifs is 2. The summed E-state index contributed by atoms with van der Waals surface area (Å²) in [5.74, 6) is 0.547. The maximum absolute atomic E-state index is 10.3. The third-order valence-corrected chi connectivity index (χ3v) is 6.61. The van der Waals surface area contributed by atoms with Crippen molar-refractivity contribution >= 4 is 22.0 Å². The molecule has 0 aliphatic heterocycles. The number of phenolic OH excluding ortho intramolecular Hbond substituents is 1. The lowest BCUT2D eigenvalue weighted by Crippen LogP contribution is -2.11. The van der Waals surface area contributed by atoms with Gasteiger partial charge in [0.1, 0.15) is 11.3 Å². The Kier molecular flexibility index (Phi) is 5.11. The van der Waals surface area contributed by atoms with E-state index in [1.165, 1.54) is 5.56 Å². The number of nitrogens with zero attached hydrogens (tertiary/aromatic N) is 2.